The van der Waals surface area contributed by atoms with Crippen molar-refractivity contribution in [2.75, 3.05) is 31.1 Å². The van der Waals surface area contributed by atoms with Crippen LogP contribution in [0.3, 0.4) is 0 Å². The third kappa shape index (κ3) is 3.32. The zero-order valence-electron chi connectivity index (χ0n) is 14.9. The van der Waals surface area contributed by atoms with Gasteiger partial charge in [0.25, 0.3) is 0 Å². The first-order valence-electron chi connectivity index (χ1n) is 9.46. The summed E-state index contributed by atoms with van der Waals surface area (Å²) in [5.74, 6) is 2.20. The average Bonchev–Trinajstić information content (AvgIpc) is 2.67. The van der Waals surface area contributed by atoms with Gasteiger partial charge in [-0.05, 0) is 43.7 Å². The van der Waals surface area contributed by atoms with E-state index >= 15 is 0 Å². The summed E-state index contributed by atoms with van der Waals surface area (Å²) in [6.45, 7) is 5.92. The summed E-state index contributed by atoms with van der Waals surface area (Å²) in [6, 6.07) is 8.14. The summed E-state index contributed by atoms with van der Waals surface area (Å²) in [5.41, 5.74) is 0.980. The lowest BCUT2D eigenvalue weighted by molar-refractivity contribution is -0.137. The molecule has 25 heavy (non-hydrogen) atoms. The van der Waals surface area contributed by atoms with Crippen LogP contribution >= 0.6 is 0 Å². The predicted molar refractivity (Wildman–Crippen MR) is 99.5 cm³/mol. The van der Waals surface area contributed by atoms with Crippen LogP contribution in [0.5, 0.6) is 0 Å². The number of aromatic nitrogens is 2. The second kappa shape index (κ2) is 6.98. The molecule has 1 unspecified atom stereocenters. The van der Waals surface area contributed by atoms with Gasteiger partial charge in [-0.3, -0.25) is 4.79 Å². The number of para-hydroxylation sites is 1. The van der Waals surface area contributed by atoms with E-state index in [1.165, 1.54) is 6.42 Å². The molecule has 0 N–H and O–H groups in total. The van der Waals surface area contributed by atoms with Gasteiger partial charge in [0, 0.05) is 37.5 Å². The Hall–Kier alpha value is -2.17. The van der Waals surface area contributed by atoms with Crippen LogP contribution in [0.15, 0.2) is 30.6 Å². The predicted octanol–water partition coefficient (Wildman–Crippen LogP) is 3.10. The summed E-state index contributed by atoms with van der Waals surface area (Å²) in [6.07, 6.45) is 5.88. The number of hydrogen-bond donors (Lipinski definition) is 0. The number of fused-ring (bicyclic) bond motifs is 1. The molecule has 5 nitrogen and oxygen atoms in total. The maximum absolute atomic E-state index is 12.8. The van der Waals surface area contributed by atoms with E-state index in [1.807, 2.05) is 18.2 Å². The van der Waals surface area contributed by atoms with Crippen molar-refractivity contribution >= 4 is 22.6 Å². The number of benzene rings is 1. The molecule has 1 amide bonds. The molecule has 1 aromatic heterocycles. The van der Waals surface area contributed by atoms with E-state index in [9.17, 15) is 4.79 Å². The SMILES string of the molecule is CC1CCCN(C(=O)C2CCN(c3ncnc4ccccc34)CC2)C1. The van der Waals surface area contributed by atoms with Gasteiger partial charge in [0.05, 0.1) is 5.52 Å². The summed E-state index contributed by atoms with van der Waals surface area (Å²) in [5, 5.41) is 1.10. The first-order chi connectivity index (χ1) is 12.2. The molecule has 2 aliphatic rings. The van der Waals surface area contributed by atoms with E-state index in [1.54, 1.807) is 6.33 Å². The lowest BCUT2D eigenvalue weighted by Gasteiger charge is -2.37. The molecule has 0 spiro atoms. The molecule has 2 aromatic rings. The standard InChI is InChI=1S/C20H26N4O/c1-15-5-4-10-24(13-15)20(25)16-8-11-23(12-9-16)19-17-6-2-3-7-18(17)21-14-22-19/h2-3,6-7,14-16H,4-5,8-13H2,1H3. The number of anilines is 1. The Balaban J connectivity index is 1.43. The topological polar surface area (TPSA) is 49.3 Å². The van der Waals surface area contributed by atoms with Crippen molar-refractivity contribution in [3.05, 3.63) is 30.6 Å². The number of carbonyl (C=O) groups excluding carboxylic acids is 1. The fourth-order valence-electron chi connectivity index (χ4n) is 4.23. The van der Waals surface area contributed by atoms with Crippen molar-refractivity contribution in [2.24, 2.45) is 11.8 Å². The Bertz CT molecular complexity index is 749. The molecule has 132 valence electrons. The first kappa shape index (κ1) is 16.3. The van der Waals surface area contributed by atoms with Crippen molar-refractivity contribution in [2.45, 2.75) is 32.6 Å². The fourth-order valence-corrected chi connectivity index (χ4v) is 4.23. The van der Waals surface area contributed by atoms with Crippen LogP contribution in [-0.4, -0.2) is 47.0 Å². The van der Waals surface area contributed by atoms with Gasteiger partial charge < -0.3 is 9.80 Å². The molecule has 2 fully saturated rings. The van der Waals surface area contributed by atoms with Crippen LogP contribution in [-0.2, 0) is 4.79 Å². The van der Waals surface area contributed by atoms with Gasteiger partial charge in [0.1, 0.15) is 12.1 Å². The van der Waals surface area contributed by atoms with Crippen molar-refractivity contribution < 1.29 is 4.79 Å². The number of piperidine rings is 2. The van der Waals surface area contributed by atoms with Gasteiger partial charge in [-0.2, -0.15) is 0 Å². The van der Waals surface area contributed by atoms with E-state index in [2.05, 4.69) is 32.8 Å². The van der Waals surface area contributed by atoms with Crippen molar-refractivity contribution in [3.63, 3.8) is 0 Å². The number of rotatable bonds is 2. The number of likely N-dealkylation sites (tertiary alicyclic amines) is 1. The van der Waals surface area contributed by atoms with Crippen molar-refractivity contribution in [3.8, 4) is 0 Å². The monoisotopic (exact) mass is 338 g/mol. The van der Waals surface area contributed by atoms with E-state index in [4.69, 9.17) is 0 Å². The molecule has 0 radical (unpaired) electrons. The Labute approximate surface area is 149 Å². The minimum Gasteiger partial charge on any atom is -0.356 e. The summed E-state index contributed by atoms with van der Waals surface area (Å²) in [7, 11) is 0. The summed E-state index contributed by atoms with van der Waals surface area (Å²) >= 11 is 0. The lowest BCUT2D eigenvalue weighted by atomic mass is 9.92. The molecule has 0 bridgehead atoms. The van der Waals surface area contributed by atoms with Crippen LogP contribution < -0.4 is 4.90 Å². The molecule has 2 aliphatic heterocycles. The second-order valence-corrected chi connectivity index (χ2v) is 7.51. The Morgan fingerprint density at radius 2 is 1.88 bits per heavy atom. The van der Waals surface area contributed by atoms with E-state index in [0.717, 1.165) is 62.2 Å². The maximum Gasteiger partial charge on any atom is 0.225 e. The van der Waals surface area contributed by atoms with Crippen LogP contribution in [0, 0.1) is 11.8 Å². The van der Waals surface area contributed by atoms with Gasteiger partial charge in [-0.25, -0.2) is 9.97 Å². The highest BCUT2D eigenvalue weighted by Crippen LogP contribution is 2.29. The molecule has 5 heteroatoms. The molecule has 1 atom stereocenters. The highest BCUT2D eigenvalue weighted by atomic mass is 16.2. The van der Waals surface area contributed by atoms with Gasteiger partial charge >= 0.3 is 0 Å². The lowest BCUT2D eigenvalue weighted by Crippen LogP contribution is -2.46. The molecule has 1 aromatic carbocycles. The van der Waals surface area contributed by atoms with Crippen LogP contribution in [0.2, 0.25) is 0 Å². The molecule has 2 saturated heterocycles. The third-order valence-electron chi connectivity index (χ3n) is 5.63. The quantitative estimate of drug-likeness (QED) is 0.844. The maximum atomic E-state index is 12.8. The zero-order valence-corrected chi connectivity index (χ0v) is 14.9. The van der Waals surface area contributed by atoms with Gasteiger partial charge in [0.15, 0.2) is 0 Å². The van der Waals surface area contributed by atoms with Crippen LogP contribution in [0.1, 0.15) is 32.6 Å². The Kier molecular flexibility index (Phi) is 4.55. The normalized spacial score (nSPS) is 22.4. The number of hydrogen-bond acceptors (Lipinski definition) is 4. The molecule has 0 aliphatic carbocycles. The van der Waals surface area contributed by atoms with Gasteiger partial charge in [-0.1, -0.05) is 19.1 Å². The third-order valence-corrected chi connectivity index (χ3v) is 5.63. The fraction of sp³-hybridized carbons (Fsp3) is 0.550. The summed E-state index contributed by atoms with van der Waals surface area (Å²) < 4.78 is 0. The molecular weight excluding hydrogens is 312 g/mol. The number of nitrogens with zero attached hydrogens (tertiary/aromatic N) is 4. The number of amides is 1. The van der Waals surface area contributed by atoms with Crippen LogP contribution in [0.4, 0.5) is 5.82 Å². The first-order valence-corrected chi connectivity index (χ1v) is 9.46. The second-order valence-electron chi connectivity index (χ2n) is 7.51. The number of carbonyl (C=O) groups is 1. The average molecular weight is 338 g/mol. The molecular formula is C20H26N4O. The molecule has 0 saturated carbocycles. The molecule has 3 heterocycles. The highest BCUT2D eigenvalue weighted by molar-refractivity contribution is 5.89. The van der Waals surface area contributed by atoms with E-state index in [-0.39, 0.29) is 5.92 Å². The van der Waals surface area contributed by atoms with Crippen LogP contribution in [0.25, 0.3) is 10.9 Å². The largest absolute Gasteiger partial charge is 0.356 e. The molecule has 4 rings (SSSR count). The van der Waals surface area contributed by atoms with Gasteiger partial charge in [-0.15, -0.1) is 0 Å². The van der Waals surface area contributed by atoms with Crippen molar-refractivity contribution in [1.82, 2.24) is 14.9 Å². The summed E-state index contributed by atoms with van der Waals surface area (Å²) in [4.78, 5) is 26.1. The Morgan fingerprint density at radius 1 is 1.08 bits per heavy atom. The van der Waals surface area contributed by atoms with Crippen molar-refractivity contribution in [1.29, 1.82) is 0 Å². The minimum atomic E-state index is 0.176. The highest BCUT2D eigenvalue weighted by Gasteiger charge is 2.31. The Morgan fingerprint density at radius 3 is 2.68 bits per heavy atom. The minimum absolute atomic E-state index is 0.176. The zero-order chi connectivity index (χ0) is 17.2. The smallest absolute Gasteiger partial charge is 0.225 e. The van der Waals surface area contributed by atoms with E-state index < -0.39 is 0 Å². The van der Waals surface area contributed by atoms with Gasteiger partial charge in [0.2, 0.25) is 5.91 Å². The van der Waals surface area contributed by atoms with E-state index in [0.29, 0.717) is 11.8 Å².